The van der Waals surface area contributed by atoms with Gasteiger partial charge in [-0.15, -0.1) is 10.2 Å². The normalized spacial score (nSPS) is 10.9. The summed E-state index contributed by atoms with van der Waals surface area (Å²) >= 11 is 0. The molecule has 3 rings (SSSR count). The third kappa shape index (κ3) is 2.33. The molecule has 0 fully saturated rings. The van der Waals surface area contributed by atoms with E-state index in [1.807, 2.05) is 29.8 Å². The average molecular weight is 268 g/mol. The summed E-state index contributed by atoms with van der Waals surface area (Å²) in [4.78, 5) is 6.45. The fourth-order valence-corrected chi connectivity index (χ4v) is 2.14. The van der Waals surface area contributed by atoms with Crippen molar-refractivity contribution in [3.8, 4) is 0 Å². The van der Waals surface area contributed by atoms with Crippen LogP contribution < -0.4 is 10.6 Å². The molecular formula is C14H16N6. The van der Waals surface area contributed by atoms with Gasteiger partial charge in [0.1, 0.15) is 6.33 Å². The van der Waals surface area contributed by atoms with E-state index in [1.165, 1.54) is 5.56 Å². The van der Waals surface area contributed by atoms with Crippen molar-refractivity contribution < 1.29 is 0 Å². The smallest absolute Gasteiger partial charge is 0.203 e. The van der Waals surface area contributed by atoms with Gasteiger partial charge in [-0.25, -0.2) is 4.98 Å². The number of nitrogens with zero attached hydrogens (tertiary/aromatic N) is 5. The second-order valence-electron chi connectivity index (χ2n) is 4.69. The molecule has 2 N–H and O–H groups in total. The van der Waals surface area contributed by atoms with Crippen LogP contribution in [0.4, 0.5) is 5.82 Å². The molecule has 6 nitrogen and oxygen atoms in total. The maximum atomic E-state index is 5.60. The molecule has 6 heteroatoms. The molecule has 0 aliphatic heterocycles. The Morgan fingerprint density at radius 1 is 1.20 bits per heavy atom. The highest BCUT2D eigenvalue weighted by molar-refractivity contribution is 5.62. The quantitative estimate of drug-likeness (QED) is 0.770. The van der Waals surface area contributed by atoms with Crippen molar-refractivity contribution in [3.63, 3.8) is 0 Å². The summed E-state index contributed by atoms with van der Waals surface area (Å²) in [6, 6.07) is 8.27. The molecule has 0 saturated heterocycles. The van der Waals surface area contributed by atoms with Gasteiger partial charge >= 0.3 is 0 Å². The maximum Gasteiger partial charge on any atom is 0.203 e. The van der Waals surface area contributed by atoms with Crippen LogP contribution in [0.25, 0.3) is 5.65 Å². The van der Waals surface area contributed by atoms with Gasteiger partial charge in [0.25, 0.3) is 0 Å². The Labute approximate surface area is 116 Å². The van der Waals surface area contributed by atoms with Crippen LogP contribution in [0.5, 0.6) is 0 Å². The molecule has 3 aromatic rings. The molecule has 2 heterocycles. The van der Waals surface area contributed by atoms with Crippen LogP contribution >= 0.6 is 0 Å². The predicted molar refractivity (Wildman–Crippen MR) is 77.2 cm³/mol. The predicted octanol–water partition coefficient (Wildman–Crippen LogP) is 1.22. The van der Waals surface area contributed by atoms with Gasteiger partial charge in [0.15, 0.2) is 5.82 Å². The summed E-state index contributed by atoms with van der Waals surface area (Å²) in [7, 11) is 1.99. The third-order valence-electron chi connectivity index (χ3n) is 3.24. The number of rotatable bonds is 4. The van der Waals surface area contributed by atoms with Crippen LogP contribution in [0.3, 0.4) is 0 Å². The first kappa shape index (κ1) is 12.6. The van der Waals surface area contributed by atoms with Gasteiger partial charge in [-0.05, 0) is 11.1 Å². The number of anilines is 1. The van der Waals surface area contributed by atoms with E-state index in [0.717, 1.165) is 23.6 Å². The van der Waals surface area contributed by atoms with Gasteiger partial charge in [0, 0.05) is 32.5 Å². The first-order valence-corrected chi connectivity index (χ1v) is 6.41. The lowest BCUT2D eigenvalue weighted by Gasteiger charge is -2.18. The first-order chi connectivity index (χ1) is 9.78. The highest BCUT2D eigenvalue weighted by Gasteiger charge is 2.10. The van der Waals surface area contributed by atoms with Crippen LogP contribution in [0, 0.1) is 0 Å². The van der Waals surface area contributed by atoms with E-state index in [4.69, 9.17) is 5.73 Å². The molecule has 0 atom stereocenters. The summed E-state index contributed by atoms with van der Waals surface area (Å²) in [5, 5.41) is 8.01. The second kappa shape index (κ2) is 5.26. The number of hydrogen-bond acceptors (Lipinski definition) is 5. The van der Waals surface area contributed by atoms with Gasteiger partial charge < -0.3 is 10.6 Å². The van der Waals surface area contributed by atoms with Gasteiger partial charge in [0.2, 0.25) is 5.65 Å². The summed E-state index contributed by atoms with van der Waals surface area (Å²) in [6.45, 7) is 1.32. The van der Waals surface area contributed by atoms with Crippen molar-refractivity contribution in [1.29, 1.82) is 0 Å². The van der Waals surface area contributed by atoms with Crippen LogP contribution in [-0.4, -0.2) is 26.6 Å². The fraction of sp³-hybridized carbons (Fsp3) is 0.214. The van der Waals surface area contributed by atoms with E-state index in [2.05, 4.69) is 32.2 Å². The number of aromatic nitrogens is 4. The van der Waals surface area contributed by atoms with Crippen LogP contribution in [0.2, 0.25) is 0 Å². The van der Waals surface area contributed by atoms with Crippen LogP contribution in [0.1, 0.15) is 11.1 Å². The largest absolute Gasteiger partial charge is 0.352 e. The molecule has 0 aliphatic rings. The first-order valence-electron chi connectivity index (χ1n) is 6.41. The average Bonchev–Trinajstić information content (AvgIpc) is 2.96. The molecule has 0 aliphatic carbocycles. The molecule has 2 aromatic heterocycles. The standard InChI is InChI=1S/C14H16N6/c1-19(9-12-4-2-11(8-15)3-5-12)13-14-18-17-10-20(14)7-6-16-13/h2-7,10H,8-9,15H2,1H3. The van der Waals surface area contributed by atoms with Gasteiger partial charge in [0.05, 0.1) is 0 Å². The topological polar surface area (TPSA) is 72.3 Å². The lowest BCUT2D eigenvalue weighted by molar-refractivity contribution is 0.890. The van der Waals surface area contributed by atoms with Gasteiger partial charge in [-0.1, -0.05) is 24.3 Å². The van der Waals surface area contributed by atoms with Crippen molar-refractivity contribution >= 4 is 11.5 Å². The van der Waals surface area contributed by atoms with E-state index >= 15 is 0 Å². The Morgan fingerprint density at radius 2 is 1.95 bits per heavy atom. The summed E-state index contributed by atoms with van der Waals surface area (Å²) in [5.41, 5.74) is 8.70. The number of fused-ring (bicyclic) bond motifs is 1. The zero-order valence-corrected chi connectivity index (χ0v) is 11.3. The Kier molecular flexibility index (Phi) is 3.30. The third-order valence-corrected chi connectivity index (χ3v) is 3.24. The van der Waals surface area contributed by atoms with Gasteiger partial charge in [-0.3, -0.25) is 4.40 Å². The fourth-order valence-electron chi connectivity index (χ4n) is 2.14. The van der Waals surface area contributed by atoms with Crippen molar-refractivity contribution in [2.75, 3.05) is 11.9 Å². The minimum Gasteiger partial charge on any atom is -0.352 e. The van der Waals surface area contributed by atoms with Crippen LogP contribution in [-0.2, 0) is 13.1 Å². The summed E-state index contributed by atoms with van der Waals surface area (Å²) < 4.78 is 1.86. The molecule has 0 bridgehead atoms. The zero-order valence-electron chi connectivity index (χ0n) is 11.3. The van der Waals surface area contributed by atoms with Crippen molar-refractivity contribution in [1.82, 2.24) is 19.6 Å². The van der Waals surface area contributed by atoms with E-state index < -0.39 is 0 Å². The Balaban J connectivity index is 1.84. The molecule has 1 aromatic carbocycles. The SMILES string of the molecule is CN(Cc1ccc(CN)cc1)c1nccn2cnnc12. The highest BCUT2D eigenvalue weighted by atomic mass is 15.3. The Hall–Kier alpha value is -2.47. The van der Waals surface area contributed by atoms with Gasteiger partial charge in [-0.2, -0.15) is 0 Å². The van der Waals surface area contributed by atoms with E-state index in [9.17, 15) is 0 Å². The molecule has 0 radical (unpaired) electrons. The molecular weight excluding hydrogens is 252 g/mol. The molecule has 0 spiro atoms. The Bertz CT molecular complexity index is 703. The molecule has 0 saturated carbocycles. The zero-order chi connectivity index (χ0) is 13.9. The number of nitrogens with two attached hydrogens (primary N) is 1. The number of hydrogen-bond donors (Lipinski definition) is 1. The van der Waals surface area contributed by atoms with Crippen molar-refractivity contribution in [3.05, 3.63) is 54.1 Å². The minimum atomic E-state index is 0.566. The lowest BCUT2D eigenvalue weighted by Crippen LogP contribution is -2.18. The van der Waals surface area contributed by atoms with Crippen LogP contribution in [0.15, 0.2) is 43.0 Å². The molecule has 0 unspecified atom stereocenters. The summed E-state index contributed by atoms with van der Waals surface area (Å²) in [5.74, 6) is 0.813. The van der Waals surface area contributed by atoms with E-state index in [0.29, 0.717) is 6.54 Å². The lowest BCUT2D eigenvalue weighted by atomic mass is 10.1. The summed E-state index contributed by atoms with van der Waals surface area (Å²) in [6.07, 6.45) is 5.26. The van der Waals surface area contributed by atoms with E-state index in [-0.39, 0.29) is 0 Å². The number of benzene rings is 1. The molecule has 20 heavy (non-hydrogen) atoms. The Morgan fingerprint density at radius 3 is 2.70 bits per heavy atom. The van der Waals surface area contributed by atoms with Crippen molar-refractivity contribution in [2.24, 2.45) is 5.73 Å². The maximum absolute atomic E-state index is 5.60. The highest BCUT2D eigenvalue weighted by Crippen LogP contribution is 2.17. The minimum absolute atomic E-state index is 0.566. The molecule has 102 valence electrons. The molecule has 0 amide bonds. The second-order valence-corrected chi connectivity index (χ2v) is 4.69. The van der Waals surface area contributed by atoms with Crippen molar-refractivity contribution in [2.45, 2.75) is 13.1 Å². The monoisotopic (exact) mass is 268 g/mol. The van der Waals surface area contributed by atoms with E-state index in [1.54, 1.807) is 12.5 Å².